The Hall–Kier alpha value is -2.54. The van der Waals surface area contributed by atoms with Gasteiger partial charge in [-0.15, -0.1) is 0 Å². The largest absolute Gasteiger partial charge is 0.375 e. The molecule has 3 rings (SSSR count). The van der Waals surface area contributed by atoms with Gasteiger partial charge in [0.25, 0.3) is 5.91 Å². The van der Waals surface area contributed by atoms with E-state index in [1.54, 1.807) is 12.3 Å². The average Bonchev–Trinajstić information content (AvgIpc) is 2.67. The summed E-state index contributed by atoms with van der Waals surface area (Å²) in [6, 6.07) is 5.74. The minimum Gasteiger partial charge on any atom is -0.375 e. The van der Waals surface area contributed by atoms with Crippen LogP contribution >= 0.6 is 0 Å². The maximum atomic E-state index is 12.5. The highest BCUT2D eigenvalue weighted by molar-refractivity contribution is 5.93. The van der Waals surface area contributed by atoms with Crippen molar-refractivity contribution < 1.29 is 9.53 Å². The number of morpholine rings is 1. The molecule has 0 unspecified atom stereocenters. The van der Waals surface area contributed by atoms with Crippen LogP contribution in [0.3, 0.4) is 0 Å². The van der Waals surface area contributed by atoms with Gasteiger partial charge in [0, 0.05) is 26.3 Å². The lowest BCUT2D eigenvalue weighted by Crippen LogP contribution is -2.45. The average molecular weight is 327 g/mol. The number of aryl methyl sites for hydroxylation is 1. The lowest BCUT2D eigenvalue weighted by atomic mass is 10.1. The highest BCUT2D eigenvalue weighted by Crippen LogP contribution is 2.15. The first-order valence-corrected chi connectivity index (χ1v) is 8.06. The Kier molecular flexibility index (Phi) is 5.32. The lowest BCUT2D eigenvalue weighted by Gasteiger charge is -2.33. The fraction of sp³-hybridized carbons (Fsp3) is 0.412. The van der Waals surface area contributed by atoms with E-state index in [2.05, 4.69) is 20.5 Å². The Morgan fingerprint density at radius 3 is 3.08 bits per heavy atom. The second-order valence-corrected chi connectivity index (χ2v) is 5.71. The molecule has 7 nitrogen and oxygen atoms in total. The molecule has 1 atom stereocenters. The first kappa shape index (κ1) is 16.3. The molecule has 1 fully saturated rings. The summed E-state index contributed by atoms with van der Waals surface area (Å²) in [5, 5.41) is 10.5. The fourth-order valence-electron chi connectivity index (χ4n) is 2.77. The maximum absolute atomic E-state index is 12.5. The number of carbonyl (C=O) groups excluding carboxylic acids is 1. The van der Waals surface area contributed by atoms with Crippen molar-refractivity contribution >= 4 is 11.7 Å². The molecular formula is C17H21N5O2. The topological polar surface area (TPSA) is 80.2 Å². The molecule has 1 N–H and O–H groups in total. The van der Waals surface area contributed by atoms with Crippen molar-refractivity contribution in [2.45, 2.75) is 18.9 Å². The van der Waals surface area contributed by atoms with Gasteiger partial charge in [0.2, 0.25) is 0 Å². The molecule has 1 aliphatic heterocycles. The zero-order chi connectivity index (χ0) is 16.8. The van der Waals surface area contributed by atoms with E-state index in [4.69, 9.17) is 4.74 Å². The first-order valence-electron chi connectivity index (χ1n) is 8.06. The normalized spacial score (nSPS) is 17.5. The van der Waals surface area contributed by atoms with Crippen molar-refractivity contribution in [1.82, 2.24) is 20.1 Å². The zero-order valence-electron chi connectivity index (χ0n) is 13.7. The van der Waals surface area contributed by atoms with Crippen LogP contribution in [0.1, 0.15) is 22.3 Å². The second-order valence-electron chi connectivity index (χ2n) is 5.71. The number of carbonyl (C=O) groups is 1. The number of amides is 1. The molecule has 1 amide bonds. The van der Waals surface area contributed by atoms with Gasteiger partial charge < -0.3 is 15.0 Å². The van der Waals surface area contributed by atoms with Gasteiger partial charge in [-0.1, -0.05) is 0 Å². The molecule has 126 valence electrons. The second kappa shape index (κ2) is 7.83. The molecule has 0 aliphatic carbocycles. The van der Waals surface area contributed by atoms with E-state index in [1.807, 2.05) is 24.1 Å². The Labute approximate surface area is 141 Å². The van der Waals surface area contributed by atoms with E-state index in [1.165, 1.54) is 18.0 Å². The third-order valence-corrected chi connectivity index (χ3v) is 4.09. The number of hydrogen-bond acceptors (Lipinski definition) is 6. The molecule has 7 heteroatoms. The Morgan fingerprint density at radius 1 is 1.38 bits per heavy atom. The van der Waals surface area contributed by atoms with Crippen molar-refractivity contribution in [2.24, 2.45) is 0 Å². The highest BCUT2D eigenvalue weighted by atomic mass is 16.5. The van der Waals surface area contributed by atoms with Crippen LogP contribution in [0.15, 0.2) is 36.8 Å². The van der Waals surface area contributed by atoms with Crippen LogP contribution in [0.5, 0.6) is 0 Å². The number of rotatable bonds is 5. The van der Waals surface area contributed by atoms with Crippen LogP contribution in [0.2, 0.25) is 0 Å². The van der Waals surface area contributed by atoms with Crippen LogP contribution in [0, 0.1) is 0 Å². The van der Waals surface area contributed by atoms with Crippen molar-refractivity contribution in [3.05, 3.63) is 47.9 Å². The molecule has 0 bridgehead atoms. The summed E-state index contributed by atoms with van der Waals surface area (Å²) in [6.07, 6.45) is 6.64. The molecule has 1 aliphatic rings. The van der Waals surface area contributed by atoms with Crippen molar-refractivity contribution in [3.8, 4) is 0 Å². The number of nitrogens with zero attached hydrogens (tertiary/aromatic N) is 4. The van der Waals surface area contributed by atoms with Crippen LogP contribution in [-0.4, -0.2) is 58.8 Å². The summed E-state index contributed by atoms with van der Waals surface area (Å²) in [5.41, 5.74) is 1.78. The van der Waals surface area contributed by atoms with Gasteiger partial charge in [-0.05, 0) is 36.6 Å². The number of hydrogen-bond donors (Lipinski definition) is 1. The summed E-state index contributed by atoms with van der Waals surface area (Å²) in [5.74, 6) is 0.846. The summed E-state index contributed by atoms with van der Waals surface area (Å²) in [6.45, 7) is 1.77. The smallest absolute Gasteiger partial charge is 0.255 e. The van der Waals surface area contributed by atoms with Gasteiger partial charge in [-0.3, -0.25) is 4.79 Å². The predicted octanol–water partition coefficient (Wildman–Crippen LogP) is 1.39. The van der Waals surface area contributed by atoms with Crippen molar-refractivity contribution in [3.63, 3.8) is 0 Å². The van der Waals surface area contributed by atoms with Crippen LogP contribution in [0.25, 0.3) is 0 Å². The number of ether oxygens (including phenoxy) is 1. The van der Waals surface area contributed by atoms with E-state index in [0.29, 0.717) is 25.3 Å². The zero-order valence-corrected chi connectivity index (χ0v) is 13.7. The Morgan fingerprint density at radius 2 is 2.29 bits per heavy atom. The highest BCUT2D eigenvalue weighted by Gasteiger charge is 2.25. The standard InChI is InChI=1S/C17H21N5O2/c1-18-16-10-13(4-6-19-16)2-3-15-12-22(8-9-24-15)17(23)14-5-7-20-21-11-14/h4-7,10-11,15H,2-3,8-9,12H2,1H3,(H,18,19)/t15-/m1/s1. The molecular weight excluding hydrogens is 306 g/mol. The molecule has 2 aromatic rings. The quantitative estimate of drug-likeness (QED) is 0.894. The molecule has 1 saturated heterocycles. The molecule has 0 aromatic carbocycles. The van der Waals surface area contributed by atoms with Crippen molar-refractivity contribution in [2.75, 3.05) is 32.1 Å². The minimum atomic E-state index is -0.0143. The lowest BCUT2D eigenvalue weighted by molar-refractivity contribution is -0.0246. The van der Waals surface area contributed by atoms with Gasteiger partial charge in [0.1, 0.15) is 5.82 Å². The van der Waals surface area contributed by atoms with Gasteiger partial charge in [-0.25, -0.2) is 4.98 Å². The van der Waals surface area contributed by atoms with Gasteiger partial charge in [0.15, 0.2) is 0 Å². The van der Waals surface area contributed by atoms with Crippen molar-refractivity contribution in [1.29, 1.82) is 0 Å². The molecule has 0 spiro atoms. The summed E-state index contributed by atoms with van der Waals surface area (Å²) in [4.78, 5) is 18.5. The number of anilines is 1. The van der Waals surface area contributed by atoms with Gasteiger partial charge >= 0.3 is 0 Å². The molecule has 0 radical (unpaired) electrons. The van der Waals surface area contributed by atoms with E-state index in [0.717, 1.165) is 18.7 Å². The predicted molar refractivity (Wildman–Crippen MR) is 89.8 cm³/mol. The van der Waals surface area contributed by atoms with Crippen LogP contribution in [-0.2, 0) is 11.2 Å². The van der Waals surface area contributed by atoms with Crippen LogP contribution < -0.4 is 5.32 Å². The number of aromatic nitrogens is 3. The van der Waals surface area contributed by atoms with E-state index < -0.39 is 0 Å². The first-order chi connectivity index (χ1) is 11.8. The number of pyridine rings is 1. The summed E-state index contributed by atoms with van der Waals surface area (Å²) in [7, 11) is 1.85. The monoisotopic (exact) mass is 327 g/mol. The Bertz CT molecular complexity index is 680. The summed E-state index contributed by atoms with van der Waals surface area (Å²) < 4.78 is 5.82. The molecule has 3 heterocycles. The molecule has 24 heavy (non-hydrogen) atoms. The SMILES string of the molecule is CNc1cc(CC[C@@H]2CN(C(=O)c3ccnnc3)CCO2)ccn1. The van der Waals surface area contributed by atoms with E-state index in [9.17, 15) is 4.79 Å². The molecule has 0 saturated carbocycles. The van der Waals surface area contributed by atoms with Crippen LogP contribution in [0.4, 0.5) is 5.82 Å². The maximum Gasteiger partial charge on any atom is 0.255 e. The third kappa shape index (κ3) is 4.05. The van der Waals surface area contributed by atoms with E-state index >= 15 is 0 Å². The molecule has 2 aromatic heterocycles. The van der Waals surface area contributed by atoms with Gasteiger partial charge in [-0.2, -0.15) is 10.2 Å². The fourth-order valence-corrected chi connectivity index (χ4v) is 2.77. The summed E-state index contributed by atoms with van der Waals surface area (Å²) >= 11 is 0. The van der Waals surface area contributed by atoms with Gasteiger partial charge in [0.05, 0.1) is 30.7 Å². The Balaban J connectivity index is 1.56. The van der Waals surface area contributed by atoms with E-state index in [-0.39, 0.29) is 12.0 Å². The third-order valence-electron chi connectivity index (χ3n) is 4.09. The minimum absolute atomic E-state index is 0.0143. The number of nitrogens with one attached hydrogen (secondary N) is 1.